The Morgan fingerprint density at radius 1 is 1.26 bits per heavy atom. The van der Waals surface area contributed by atoms with E-state index in [0.29, 0.717) is 12.8 Å². The van der Waals surface area contributed by atoms with Gasteiger partial charge in [-0.05, 0) is 56.6 Å². The maximum atomic E-state index is 14.1. The molecule has 1 aromatic carbocycles. The number of aliphatic hydroxyl groups is 1. The number of rotatable bonds is 13. The molecule has 0 bridgehead atoms. The zero-order valence-corrected chi connectivity index (χ0v) is 21.1. The first-order valence-electron chi connectivity index (χ1n) is 11.9. The third-order valence-corrected chi connectivity index (χ3v) is 6.58. The molecule has 192 valence electrons. The number of benzene rings is 1. The molecule has 1 aliphatic heterocycles. The SMILES string of the molecule is C/C(=C\C=C(/S)C(=O)O)CCCN1C(=O)C(F)(F)C[C@@H]1/C=C/[C@@H](O)[C@H](C)CCCc1ccccc1. The number of amides is 1. The fourth-order valence-corrected chi connectivity index (χ4v) is 4.11. The maximum absolute atomic E-state index is 14.1. The lowest BCUT2D eigenvalue weighted by Crippen LogP contribution is -2.36. The van der Waals surface area contributed by atoms with Crippen LogP contribution >= 0.6 is 12.6 Å². The van der Waals surface area contributed by atoms with Gasteiger partial charge in [-0.25, -0.2) is 4.79 Å². The van der Waals surface area contributed by atoms with Gasteiger partial charge in [0.05, 0.1) is 17.1 Å². The highest BCUT2D eigenvalue weighted by molar-refractivity contribution is 7.85. The fraction of sp³-hybridized carbons (Fsp3) is 0.481. The van der Waals surface area contributed by atoms with Crippen LogP contribution in [0.5, 0.6) is 0 Å². The number of allylic oxidation sites excluding steroid dienone is 3. The standard InChI is InChI=1S/C27H35F2NO4S/c1-19(13-16-24(35)25(32)33)8-7-17-30-22(18-27(28,29)26(30)34)14-15-23(31)20(2)9-6-12-21-10-4-3-5-11-21/h3-5,10-11,13-16,20,22-23,31,35H,6-9,12,17-18H2,1-2H3,(H,32,33)/b15-14+,19-13+,24-16-/t20-,22+,23-/m1/s1. The highest BCUT2D eigenvalue weighted by atomic mass is 32.1. The highest BCUT2D eigenvalue weighted by Gasteiger charge is 2.52. The number of carbonyl (C=O) groups excluding carboxylic acids is 1. The maximum Gasteiger partial charge on any atom is 0.341 e. The molecule has 1 aliphatic rings. The normalized spacial score (nSPS) is 20.5. The molecule has 1 amide bonds. The zero-order valence-electron chi connectivity index (χ0n) is 20.2. The predicted octanol–water partition coefficient (Wildman–Crippen LogP) is 5.42. The van der Waals surface area contributed by atoms with Gasteiger partial charge in [0.15, 0.2) is 0 Å². The van der Waals surface area contributed by atoms with Gasteiger partial charge in [0.1, 0.15) is 0 Å². The monoisotopic (exact) mass is 507 g/mol. The second kappa shape index (κ2) is 13.6. The van der Waals surface area contributed by atoms with Crippen LogP contribution in [0.25, 0.3) is 0 Å². The number of alkyl halides is 2. The minimum Gasteiger partial charge on any atom is -0.477 e. The molecular weight excluding hydrogens is 472 g/mol. The van der Waals surface area contributed by atoms with Gasteiger partial charge in [-0.3, -0.25) is 4.79 Å². The lowest BCUT2D eigenvalue weighted by atomic mass is 9.95. The van der Waals surface area contributed by atoms with Crippen molar-refractivity contribution >= 4 is 24.5 Å². The van der Waals surface area contributed by atoms with Crippen LogP contribution in [0, 0.1) is 5.92 Å². The van der Waals surface area contributed by atoms with Crippen LogP contribution < -0.4 is 0 Å². The lowest BCUT2D eigenvalue weighted by molar-refractivity contribution is -0.148. The molecule has 35 heavy (non-hydrogen) atoms. The van der Waals surface area contributed by atoms with E-state index < -0.39 is 36.4 Å². The number of carboxylic acids is 1. The molecule has 0 radical (unpaired) electrons. The summed E-state index contributed by atoms with van der Waals surface area (Å²) in [4.78, 5) is 24.1. The zero-order chi connectivity index (χ0) is 26.0. The van der Waals surface area contributed by atoms with Gasteiger partial charge in [-0.1, -0.05) is 61.1 Å². The van der Waals surface area contributed by atoms with E-state index >= 15 is 0 Å². The summed E-state index contributed by atoms with van der Waals surface area (Å²) in [7, 11) is 0. The average Bonchev–Trinajstić information content (AvgIpc) is 3.04. The largest absolute Gasteiger partial charge is 0.477 e. The van der Waals surface area contributed by atoms with E-state index in [9.17, 15) is 23.5 Å². The van der Waals surface area contributed by atoms with Gasteiger partial charge in [0.25, 0.3) is 5.91 Å². The van der Waals surface area contributed by atoms with E-state index in [1.54, 1.807) is 13.0 Å². The van der Waals surface area contributed by atoms with Crippen molar-refractivity contribution in [1.29, 1.82) is 0 Å². The topological polar surface area (TPSA) is 77.8 Å². The van der Waals surface area contributed by atoms with Gasteiger partial charge in [-0.2, -0.15) is 8.78 Å². The van der Waals surface area contributed by atoms with E-state index in [2.05, 4.69) is 24.8 Å². The van der Waals surface area contributed by atoms with E-state index in [0.717, 1.165) is 24.8 Å². The van der Waals surface area contributed by atoms with Gasteiger partial charge in [-0.15, -0.1) is 12.6 Å². The number of aliphatic hydroxyl groups excluding tert-OH is 1. The van der Waals surface area contributed by atoms with Gasteiger partial charge in [0, 0.05) is 13.0 Å². The molecule has 0 spiro atoms. The summed E-state index contributed by atoms with van der Waals surface area (Å²) >= 11 is 3.85. The van der Waals surface area contributed by atoms with Gasteiger partial charge < -0.3 is 15.1 Å². The Morgan fingerprint density at radius 2 is 1.94 bits per heavy atom. The Labute approximate surface area is 211 Å². The van der Waals surface area contributed by atoms with Gasteiger partial charge in [0.2, 0.25) is 0 Å². The lowest BCUT2D eigenvalue weighted by Gasteiger charge is -2.22. The molecule has 0 aromatic heterocycles. The molecule has 3 atom stereocenters. The summed E-state index contributed by atoms with van der Waals surface area (Å²) in [5.41, 5.74) is 2.09. The summed E-state index contributed by atoms with van der Waals surface area (Å²) in [6.07, 6.45) is 8.25. The number of likely N-dealkylation sites (tertiary alicyclic amines) is 1. The third kappa shape index (κ3) is 9.26. The van der Waals surface area contributed by atoms with Crippen LogP contribution in [0.4, 0.5) is 8.78 Å². The number of hydrogen-bond acceptors (Lipinski definition) is 4. The number of aliphatic carboxylic acids is 1. The summed E-state index contributed by atoms with van der Waals surface area (Å²) in [6, 6.07) is 9.31. The molecule has 1 heterocycles. The number of carboxylic acid groups (broad SMARTS) is 1. The van der Waals surface area contributed by atoms with Crippen LogP contribution in [0.2, 0.25) is 0 Å². The minimum atomic E-state index is -3.42. The number of thiol groups is 1. The molecule has 1 saturated heterocycles. The summed E-state index contributed by atoms with van der Waals surface area (Å²) < 4.78 is 28.3. The average molecular weight is 508 g/mol. The minimum absolute atomic E-state index is 0.0376. The molecule has 0 unspecified atom stereocenters. The van der Waals surface area contributed by atoms with Crippen molar-refractivity contribution in [2.75, 3.05) is 6.54 Å². The highest BCUT2D eigenvalue weighted by Crippen LogP contribution is 2.34. The Bertz CT molecular complexity index is 946. The smallest absolute Gasteiger partial charge is 0.341 e. The second-order valence-electron chi connectivity index (χ2n) is 9.18. The van der Waals surface area contributed by atoms with Crippen LogP contribution in [0.3, 0.4) is 0 Å². The molecule has 0 aliphatic carbocycles. The second-order valence-corrected chi connectivity index (χ2v) is 9.66. The van der Waals surface area contributed by atoms with Crippen molar-refractivity contribution in [3.63, 3.8) is 0 Å². The van der Waals surface area contributed by atoms with Crippen LogP contribution in [-0.2, 0) is 16.0 Å². The third-order valence-electron chi connectivity index (χ3n) is 6.24. The van der Waals surface area contributed by atoms with E-state index in [1.165, 1.54) is 28.7 Å². The molecule has 1 fully saturated rings. The number of nitrogens with zero attached hydrogens (tertiary/aromatic N) is 1. The first kappa shape index (κ1) is 28.8. The Balaban J connectivity index is 1.89. The van der Waals surface area contributed by atoms with E-state index in [4.69, 9.17) is 5.11 Å². The van der Waals surface area contributed by atoms with Crippen molar-refractivity contribution in [3.8, 4) is 0 Å². The van der Waals surface area contributed by atoms with E-state index in [-0.39, 0.29) is 17.4 Å². The Hall–Kier alpha value is -2.45. The first-order valence-corrected chi connectivity index (χ1v) is 12.3. The Morgan fingerprint density at radius 3 is 2.60 bits per heavy atom. The van der Waals surface area contributed by atoms with Crippen LogP contribution in [-0.4, -0.2) is 51.6 Å². The number of carbonyl (C=O) groups is 2. The summed E-state index contributed by atoms with van der Waals surface area (Å²) in [5.74, 6) is -5.78. The van der Waals surface area contributed by atoms with Gasteiger partial charge >= 0.3 is 11.9 Å². The molecule has 5 nitrogen and oxygen atoms in total. The van der Waals surface area contributed by atoms with Crippen molar-refractivity contribution in [3.05, 3.63) is 70.7 Å². The molecule has 8 heteroatoms. The van der Waals surface area contributed by atoms with Crippen molar-refractivity contribution in [2.24, 2.45) is 5.92 Å². The molecule has 1 aromatic rings. The predicted molar refractivity (Wildman–Crippen MR) is 136 cm³/mol. The van der Waals surface area contributed by atoms with E-state index in [1.807, 2.05) is 25.1 Å². The number of halogens is 2. The molecular formula is C27H35F2NO4S. The first-order chi connectivity index (χ1) is 16.5. The van der Waals surface area contributed by atoms with Crippen molar-refractivity contribution in [1.82, 2.24) is 4.90 Å². The number of hydrogen-bond donors (Lipinski definition) is 3. The Kier molecular flexibility index (Phi) is 11.2. The fourth-order valence-electron chi connectivity index (χ4n) is 4.04. The number of aryl methyl sites for hydroxylation is 1. The molecule has 0 saturated carbocycles. The quantitative estimate of drug-likeness (QED) is 0.144. The van der Waals surface area contributed by atoms with Crippen LogP contribution in [0.1, 0.15) is 51.5 Å². The van der Waals surface area contributed by atoms with Crippen molar-refractivity contribution in [2.45, 2.75) is 70.4 Å². The summed E-state index contributed by atoms with van der Waals surface area (Å²) in [5, 5.41) is 19.3. The van der Waals surface area contributed by atoms with Crippen LogP contribution in [0.15, 0.2) is 65.1 Å². The molecule has 2 rings (SSSR count). The summed E-state index contributed by atoms with van der Waals surface area (Å²) in [6.45, 7) is 3.87. The van der Waals surface area contributed by atoms with Crippen molar-refractivity contribution < 1.29 is 28.6 Å². The molecule has 2 N–H and O–H groups in total.